The maximum Gasteiger partial charge on any atom is 0.344 e. The summed E-state index contributed by atoms with van der Waals surface area (Å²) in [6, 6.07) is 12.1. The Bertz CT molecular complexity index is 637. The Balaban J connectivity index is 2.23. The van der Waals surface area contributed by atoms with Crippen LogP contribution in [0.2, 0.25) is 0 Å². The summed E-state index contributed by atoms with van der Waals surface area (Å²) in [6.07, 6.45) is 3.41. The molecule has 4 nitrogen and oxygen atoms in total. The van der Waals surface area contributed by atoms with E-state index in [1.165, 1.54) is 0 Å². The van der Waals surface area contributed by atoms with Gasteiger partial charge in [-0.15, -0.1) is 0 Å². The molecule has 1 atom stereocenters. The minimum absolute atomic E-state index is 0.00149. The Hall–Kier alpha value is -2.49. The van der Waals surface area contributed by atoms with Crippen LogP contribution >= 0.6 is 0 Å². The van der Waals surface area contributed by atoms with Crippen molar-refractivity contribution in [3.05, 3.63) is 66.0 Å². The summed E-state index contributed by atoms with van der Waals surface area (Å²) in [5.74, 6) is -0.382. The predicted octanol–water partition coefficient (Wildman–Crippen LogP) is 2.59. The molecule has 0 spiro atoms. The van der Waals surface area contributed by atoms with E-state index >= 15 is 0 Å². The van der Waals surface area contributed by atoms with Crippen molar-refractivity contribution in [3.8, 4) is 0 Å². The van der Waals surface area contributed by atoms with Gasteiger partial charge >= 0.3 is 5.97 Å². The Morgan fingerprint density at radius 3 is 2.43 bits per heavy atom. The molecule has 2 aromatic rings. The van der Waals surface area contributed by atoms with Gasteiger partial charge in [-0.3, -0.25) is 4.79 Å². The van der Waals surface area contributed by atoms with Gasteiger partial charge in [0.05, 0.1) is 6.61 Å². The molecule has 1 heterocycles. The third-order valence-electron chi connectivity index (χ3n) is 3.22. The number of hydrogen-bond donors (Lipinski definition) is 0. The summed E-state index contributed by atoms with van der Waals surface area (Å²) in [5.41, 5.74) is 1.09. The molecule has 0 N–H and O–H groups in total. The van der Waals surface area contributed by atoms with E-state index in [2.05, 4.69) is 0 Å². The van der Waals surface area contributed by atoms with Crippen LogP contribution in [0.25, 0.3) is 0 Å². The second kappa shape index (κ2) is 6.79. The molecule has 0 saturated heterocycles. The van der Waals surface area contributed by atoms with Crippen molar-refractivity contribution in [3.63, 3.8) is 0 Å². The van der Waals surface area contributed by atoms with Crippen molar-refractivity contribution < 1.29 is 18.9 Å². The molecule has 0 aliphatic rings. The van der Waals surface area contributed by atoms with Gasteiger partial charge in [-0.05, 0) is 13.0 Å². The zero-order valence-electron chi connectivity index (χ0n) is 12.2. The van der Waals surface area contributed by atoms with Crippen molar-refractivity contribution in [2.24, 2.45) is 0 Å². The quantitative estimate of drug-likeness (QED) is 0.481. The van der Waals surface area contributed by atoms with Crippen LogP contribution in [0.15, 0.2) is 54.9 Å². The van der Waals surface area contributed by atoms with Crippen LogP contribution in [-0.2, 0) is 4.74 Å². The smallest absolute Gasteiger partial charge is 0.344 e. The summed E-state index contributed by atoms with van der Waals surface area (Å²) in [5, 5.41) is 0. The highest BCUT2D eigenvalue weighted by molar-refractivity contribution is 5.97. The molecule has 1 unspecified atom stereocenters. The average molecular weight is 284 g/mol. The van der Waals surface area contributed by atoms with E-state index in [4.69, 9.17) is 4.74 Å². The second-order valence-electron chi connectivity index (χ2n) is 4.67. The van der Waals surface area contributed by atoms with E-state index in [1.807, 2.05) is 25.1 Å². The van der Waals surface area contributed by atoms with Gasteiger partial charge in [0.1, 0.15) is 5.56 Å². The van der Waals surface area contributed by atoms with Crippen molar-refractivity contribution in [2.75, 3.05) is 6.61 Å². The highest BCUT2D eigenvalue weighted by atomic mass is 16.5. The lowest BCUT2D eigenvalue weighted by atomic mass is 10.1. The molecule has 0 saturated carbocycles. The molecule has 0 aliphatic heterocycles. The van der Waals surface area contributed by atoms with Crippen molar-refractivity contribution in [1.29, 1.82) is 0 Å². The Labute approximate surface area is 124 Å². The Morgan fingerprint density at radius 1 is 1.10 bits per heavy atom. The number of esters is 1. The molecule has 0 fully saturated rings. The third kappa shape index (κ3) is 3.54. The highest BCUT2D eigenvalue weighted by Gasteiger charge is 2.24. The molecule has 4 heteroatoms. The minimum atomic E-state index is -0.387. The molecule has 2 rings (SSSR count). The van der Waals surface area contributed by atoms with Crippen molar-refractivity contribution in [1.82, 2.24) is 0 Å². The van der Waals surface area contributed by atoms with E-state index in [0.29, 0.717) is 17.7 Å². The third-order valence-corrected chi connectivity index (χ3v) is 3.22. The van der Waals surface area contributed by atoms with Gasteiger partial charge in [-0.25, -0.2) is 4.79 Å². The summed E-state index contributed by atoms with van der Waals surface area (Å²) >= 11 is 0. The first-order valence-corrected chi connectivity index (χ1v) is 6.90. The zero-order valence-corrected chi connectivity index (χ0v) is 12.2. The van der Waals surface area contributed by atoms with Crippen molar-refractivity contribution >= 4 is 11.8 Å². The monoisotopic (exact) mass is 284 g/mol. The fourth-order valence-electron chi connectivity index (χ4n) is 2.05. The van der Waals surface area contributed by atoms with E-state index in [-0.39, 0.29) is 17.8 Å². The minimum Gasteiger partial charge on any atom is -0.462 e. The van der Waals surface area contributed by atoms with Gasteiger partial charge in [-0.2, -0.15) is 4.57 Å². The van der Waals surface area contributed by atoms with Gasteiger partial charge < -0.3 is 4.74 Å². The first-order chi connectivity index (χ1) is 10.1. The maximum absolute atomic E-state index is 12.4. The SMILES string of the molecule is CCOC(=O)c1ccc[n+](C(C)C(=O)c2ccccc2)c1. The summed E-state index contributed by atoms with van der Waals surface area (Å²) in [6.45, 7) is 3.90. The van der Waals surface area contributed by atoms with E-state index < -0.39 is 0 Å². The van der Waals surface area contributed by atoms with Crippen molar-refractivity contribution in [2.45, 2.75) is 19.9 Å². The van der Waals surface area contributed by atoms with Crippen LogP contribution in [0.1, 0.15) is 40.6 Å². The lowest BCUT2D eigenvalue weighted by molar-refractivity contribution is -0.704. The number of nitrogens with zero attached hydrogens (tertiary/aromatic N) is 1. The number of rotatable bonds is 5. The summed E-state index contributed by atoms with van der Waals surface area (Å²) in [4.78, 5) is 24.2. The van der Waals surface area contributed by atoms with Gasteiger partial charge in [0.25, 0.3) is 0 Å². The first-order valence-electron chi connectivity index (χ1n) is 6.90. The van der Waals surface area contributed by atoms with Gasteiger partial charge in [0.2, 0.25) is 11.8 Å². The largest absolute Gasteiger partial charge is 0.462 e. The van der Waals surface area contributed by atoms with Crippen LogP contribution in [0.3, 0.4) is 0 Å². The molecule has 0 amide bonds. The fraction of sp³-hybridized carbons (Fsp3) is 0.235. The van der Waals surface area contributed by atoms with Crippen LogP contribution in [0.4, 0.5) is 0 Å². The number of ketones is 1. The summed E-state index contributed by atoms with van der Waals surface area (Å²) in [7, 11) is 0. The highest BCUT2D eigenvalue weighted by Crippen LogP contribution is 2.09. The van der Waals surface area contributed by atoms with E-state index in [0.717, 1.165) is 0 Å². The number of hydrogen-bond acceptors (Lipinski definition) is 3. The van der Waals surface area contributed by atoms with Gasteiger partial charge in [0, 0.05) is 18.6 Å². The lowest BCUT2D eigenvalue weighted by Crippen LogP contribution is -2.42. The Morgan fingerprint density at radius 2 is 1.76 bits per heavy atom. The van der Waals surface area contributed by atoms with E-state index in [9.17, 15) is 9.59 Å². The molecule has 1 aromatic heterocycles. The lowest BCUT2D eigenvalue weighted by Gasteiger charge is -2.07. The molecule has 0 aliphatic carbocycles. The number of carbonyl (C=O) groups is 2. The number of Topliss-reactive ketones (excluding diaryl/α,β-unsaturated/α-hetero) is 1. The van der Waals surface area contributed by atoms with Crippen LogP contribution in [0.5, 0.6) is 0 Å². The van der Waals surface area contributed by atoms with E-state index in [1.54, 1.807) is 48.1 Å². The second-order valence-corrected chi connectivity index (χ2v) is 4.67. The van der Waals surface area contributed by atoms with Crippen LogP contribution < -0.4 is 4.57 Å². The van der Waals surface area contributed by atoms with Gasteiger partial charge in [-0.1, -0.05) is 30.3 Å². The topological polar surface area (TPSA) is 47.2 Å². The van der Waals surface area contributed by atoms with Crippen LogP contribution in [-0.4, -0.2) is 18.4 Å². The normalized spacial score (nSPS) is 11.7. The standard InChI is InChI=1S/C17H18NO3/c1-3-21-17(20)15-10-7-11-18(12-15)13(2)16(19)14-8-5-4-6-9-14/h4-13H,3H2,1-2H3/q+1. The number of pyridine rings is 1. The molecule has 0 bridgehead atoms. The van der Waals surface area contributed by atoms with Gasteiger partial charge in [0.15, 0.2) is 12.4 Å². The number of ether oxygens (including phenoxy) is 1. The average Bonchev–Trinajstić information content (AvgIpc) is 2.54. The molecule has 108 valence electrons. The maximum atomic E-state index is 12.4. The van der Waals surface area contributed by atoms with Crippen LogP contribution in [0, 0.1) is 0 Å². The molecular weight excluding hydrogens is 266 g/mol. The predicted molar refractivity (Wildman–Crippen MR) is 78.1 cm³/mol. The zero-order chi connectivity index (χ0) is 15.2. The molecular formula is C17H18NO3+. The molecule has 1 aromatic carbocycles. The number of aromatic nitrogens is 1. The molecule has 21 heavy (non-hydrogen) atoms. The fourth-order valence-corrected chi connectivity index (χ4v) is 2.05. The number of benzene rings is 1. The summed E-state index contributed by atoms with van der Waals surface area (Å²) < 4.78 is 6.69. The first kappa shape index (κ1) is 14.9. The molecule has 0 radical (unpaired) electrons. The Kier molecular flexibility index (Phi) is 4.82. The number of carbonyl (C=O) groups excluding carboxylic acids is 2.